The summed E-state index contributed by atoms with van der Waals surface area (Å²) in [7, 11) is 0. The predicted octanol–water partition coefficient (Wildman–Crippen LogP) is 9.97. The third-order valence-electron chi connectivity index (χ3n) is 6.93. The second-order valence-electron chi connectivity index (χ2n) is 11.7. The van der Waals surface area contributed by atoms with Crippen LogP contribution in [0.25, 0.3) is 0 Å². The molecule has 0 atom stereocenters. The number of carbonyl (C=O) groups is 2. The summed E-state index contributed by atoms with van der Waals surface area (Å²) >= 11 is 0. The second kappa shape index (κ2) is 27.0. The maximum absolute atomic E-state index is 11.8. The van der Waals surface area contributed by atoms with Crippen LogP contribution in [-0.4, -0.2) is 25.2 Å². The van der Waals surface area contributed by atoms with Crippen molar-refractivity contribution in [2.24, 2.45) is 11.8 Å². The number of ether oxygens (including phenoxy) is 2. The van der Waals surface area contributed by atoms with Gasteiger partial charge >= 0.3 is 11.9 Å². The molecule has 0 rings (SSSR count). The van der Waals surface area contributed by atoms with Gasteiger partial charge in [-0.2, -0.15) is 0 Å². The first-order valence-corrected chi connectivity index (χ1v) is 15.7. The first-order chi connectivity index (χ1) is 17.4. The minimum atomic E-state index is -0.172. The van der Waals surface area contributed by atoms with Gasteiger partial charge in [-0.05, 0) is 24.7 Å². The van der Waals surface area contributed by atoms with E-state index < -0.39 is 0 Å². The molecule has 0 aliphatic carbocycles. The van der Waals surface area contributed by atoms with Gasteiger partial charge in [-0.1, -0.05) is 143 Å². The Kier molecular flexibility index (Phi) is 26.2. The number of unbranched alkanes of at least 4 members (excludes halogenated alkanes) is 16. The van der Waals surface area contributed by atoms with Gasteiger partial charge in [0.15, 0.2) is 0 Å². The number of carbonyl (C=O) groups excluding carboxylic acids is 2. The van der Waals surface area contributed by atoms with Gasteiger partial charge in [-0.3, -0.25) is 9.59 Å². The van der Waals surface area contributed by atoms with Crippen LogP contribution >= 0.6 is 0 Å². The largest absolute Gasteiger partial charge is 0.462 e. The molecular weight excluding hydrogens is 448 g/mol. The molecule has 0 N–H and O–H groups in total. The second-order valence-corrected chi connectivity index (χ2v) is 11.7. The standard InChI is InChI=1S/C32H62O4/c1-29(2)23-19-15-11-8-6-5-7-9-13-17-21-25-31(33)35-27-28-36-32(34)26-22-18-14-10-12-16-20-24-30(3)4/h29-30H,5-28H2,1-4H3. The summed E-state index contributed by atoms with van der Waals surface area (Å²) in [5.74, 6) is 1.32. The Labute approximate surface area is 225 Å². The molecule has 0 saturated carbocycles. The van der Waals surface area contributed by atoms with Crippen molar-refractivity contribution >= 4 is 11.9 Å². The lowest BCUT2D eigenvalue weighted by atomic mass is 10.0. The fourth-order valence-electron chi connectivity index (χ4n) is 4.57. The molecule has 4 heteroatoms. The van der Waals surface area contributed by atoms with Gasteiger partial charge in [0.2, 0.25) is 0 Å². The van der Waals surface area contributed by atoms with E-state index in [0.717, 1.165) is 37.5 Å². The molecule has 4 nitrogen and oxygen atoms in total. The van der Waals surface area contributed by atoms with Crippen molar-refractivity contribution in [3.63, 3.8) is 0 Å². The third kappa shape index (κ3) is 29.2. The third-order valence-corrected chi connectivity index (χ3v) is 6.93. The van der Waals surface area contributed by atoms with Gasteiger partial charge in [-0.15, -0.1) is 0 Å². The summed E-state index contributed by atoms with van der Waals surface area (Å²) in [5, 5.41) is 0. The molecule has 0 radical (unpaired) electrons. The van der Waals surface area contributed by atoms with E-state index in [0.29, 0.717) is 12.8 Å². The Morgan fingerprint density at radius 2 is 0.667 bits per heavy atom. The molecule has 0 bridgehead atoms. The summed E-state index contributed by atoms with van der Waals surface area (Å²) in [6, 6.07) is 0. The van der Waals surface area contributed by atoms with Crippen LogP contribution in [-0.2, 0) is 19.1 Å². The number of rotatable bonds is 27. The SMILES string of the molecule is CC(C)CCCCCCCCCCCCCC(=O)OCCOC(=O)CCCCCCCCCC(C)C. The highest BCUT2D eigenvalue weighted by Gasteiger charge is 2.06. The number of hydrogen-bond acceptors (Lipinski definition) is 4. The summed E-state index contributed by atoms with van der Waals surface area (Å²) < 4.78 is 10.4. The van der Waals surface area contributed by atoms with E-state index in [1.165, 1.54) is 103 Å². The number of esters is 2. The van der Waals surface area contributed by atoms with E-state index in [1.54, 1.807) is 0 Å². The highest BCUT2D eigenvalue weighted by atomic mass is 16.6. The Bertz CT molecular complexity index is 487. The van der Waals surface area contributed by atoms with Crippen molar-refractivity contribution in [2.75, 3.05) is 13.2 Å². The fraction of sp³-hybridized carbons (Fsp3) is 0.938. The lowest BCUT2D eigenvalue weighted by Gasteiger charge is -2.07. The van der Waals surface area contributed by atoms with Gasteiger partial charge in [-0.25, -0.2) is 0 Å². The minimum Gasteiger partial charge on any atom is -0.462 e. The number of hydrogen-bond donors (Lipinski definition) is 0. The molecule has 0 unspecified atom stereocenters. The lowest BCUT2D eigenvalue weighted by molar-refractivity contribution is -0.152. The van der Waals surface area contributed by atoms with Crippen LogP contribution in [0.4, 0.5) is 0 Å². The first-order valence-electron chi connectivity index (χ1n) is 15.7. The average molecular weight is 511 g/mol. The van der Waals surface area contributed by atoms with Crippen molar-refractivity contribution < 1.29 is 19.1 Å². The molecular formula is C32H62O4. The minimum absolute atomic E-state index is 0.170. The zero-order valence-electron chi connectivity index (χ0n) is 24.8. The Hall–Kier alpha value is -1.06. The topological polar surface area (TPSA) is 52.6 Å². The van der Waals surface area contributed by atoms with E-state index >= 15 is 0 Å². The zero-order chi connectivity index (χ0) is 26.7. The Balaban J connectivity index is 3.29. The normalized spacial score (nSPS) is 11.4. The molecule has 0 aliphatic rings. The van der Waals surface area contributed by atoms with Gasteiger partial charge in [0.25, 0.3) is 0 Å². The summed E-state index contributed by atoms with van der Waals surface area (Å²) in [6.45, 7) is 9.54. The van der Waals surface area contributed by atoms with Crippen LogP contribution in [0.5, 0.6) is 0 Å². The molecule has 0 spiro atoms. The first kappa shape index (κ1) is 34.9. The maximum atomic E-state index is 11.8. The summed E-state index contributed by atoms with van der Waals surface area (Å²) in [4.78, 5) is 23.6. The molecule has 0 amide bonds. The predicted molar refractivity (Wildman–Crippen MR) is 153 cm³/mol. The molecule has 0 aromatic heterocycles. The van der Waals surface area contributed by atoms with Crippen molar-refractivity contribution in [3.05, 3.63) is 0 Å². The van der Waals surface area contributed by atoms with Crippen LogP contribution in [0.3, 0.4) is 0 Å². The van der Waals surface area contributed by atoms with Gasteiger partial charge < -0.3 is 9.47 Å². The van der Waals surface area contributed by atoms with Crippen molar-refractivity contribution in [2.45, 2.75) is 169 Å². The fourth-order valence-corrected chi connectivity index (χ4v) is 4.57. The van der Waals surface area contributed by atoms with E-state index in [-0.39, 0.29) is 25.2 Å². The van der Waals surface area contributed by atoms with Crippen molar-refractivity contribution in [1.29, 1.82) is 0 Å². The highest BCUT2D eigenvalue weighted by Crippen LogP contribution is 2.15. The molecule has 0 aromatic carbocycles. The average Bonchev–Trinajstić information content (AvgIpc) is 2.83. The Morgan fingerprint density at radius 3 is 0.944 bits per heavy atom. The Morgan fingerprint density at radius 1 is 0.417 bits per heavy atom. The maximum Gasteiger partial charge on any atom is 0.305 e. The van der Waals surface area contributed by atoms with Gasteiger partial charge in [0, 0.05) is 12.8 Å². The van der Waals surface area contributed by atoms with Crippen LogP contribution < -0.4 is 0 Å². The molecule has 0 fully saturated rings. The van der Waals surface area contributed by atoms with Crippen molar-refractivity contribution in [3.8, 4) is 0 Å². The van der Waals surface area contributed by atoms with Crippen LogP contribution in [0.15, 0.2) is 0 Å². The van der Waals surface area contributed by atoms with Gasteiger partial charge in [0.1, 0.15) is 13.2 Å². The molecule has 0 heterocycles. The lowest BCUT2D eigenvalue weighted by Crippen LogP contribution is -2.13. The monoisotopic (exact) mass is 510 g/mol. The zero-order valence-corrected chi connectivity index (χ0v) is 24.8. The van der Waals surface area contributed by atoms with Crippen LogP contribution in [0, 0.1) is 11.8 Å². The summed E-state index contributed by atoms with van der Waals surface area (Å²) in [6.07, 6.45) is 26.2. The molecule has 0 aliphatic heterocycles. The van der Waals surface area contributed by atoms with Gasteiger partial charge in [0.05, 0.1) is 0 Å². The smallest absolute Gasteiger partial charge is 0.305 e. The molecule has 214 valence electrons. The highest BCUT2D eigenvalue weighted by molar-refractivity contribution is 5.70. The van der Waals surface area contributed by atoms with Crippen LogP contribution in [0.2, 0.25) is 0 Å². The van der Waals surface area contributed by atoms with E-state index in [4.69, 9.17) is 9.47 Å². The molecule has 0 saturated heterocycles. The van der Waals surface area contributed by atoms with E-state index in [9.17, 15) is 9.59 Å². The van der Waals surface area contributed by atoms with E-state index in [1.807, 2.05) is 0 Å². The molecule has 0 aromatic rings. The van der Waals surface area contributed by atoms with E-state index in [2.05, 4.69) is 27.7 Å². The van der Waals surface area contributed by atoms with Crippen LogP contribution in [0.1, 0.15) is 169 Å². The molecule has 36 heavy (non-hydrogen) atoms. The van der Waals surface area contributed by atoms with Crippen molar-refractivity contribution in [1.82, 2.24) is 0 Å². The quantitative estimate of drug-likeness (QED) is 0.0814. The summed E-state index contributed by atoms with van der Waals surface area (Å²) in [5.41, 5.74) is 0.